The highest BCUT2D eigenvalue weighted by molar-refractivity contribution is 6.31. The molecule has 2 saturated heterocycles. The molecule has 3 aliphatic rings. The van der Waals surface area contributed by atoms with E-state index in [9.17, 15) is 19.2 Å². The Morgan fingerprint density at radius 2 is 1.65 bits per heavy atom. The lowest BCUT2D eigenvalue weighted by Gasteiger charge is -2.39. The number of imide groups is 1. The summed E-state index contributed by atoms with van der Waals surface area (Å²) in [7, 11) is 0. The van der Waals surface area contributed by atoms with Gasteiger partial charge in [0, 0.05) is 44.3 Å². The van der Waals surface area contributed by atoms with Gasteiger partial charge in [0.15, 0.2) is 5.76 Å². The van der Waals surface area contributed by atoms with Gasteiger partial charge in [-0.05, 0) is 48.7 Å². The smallest absolute Gasteiger partial charge is 0.289 e. The maximum absolute atomic E-state index is 13.5. The zero-order valence-corrected chi connectivity index (χ0v) is 22.7. The number of anilines is 1. The standard InChI is InChI=1S/C30H29ClN4O5/c31-23-9-2-1-6-20(23)19-35-28(37)22-8-3-10-24(26(22)30(35)39)34-12-4-7-21(18-34)27(36)32-13-15-33(16-14-32)29(38)25-11-5-17-40-25/h1-3,5-6,8-11,17,21H,4,7,12-16,18-19H2/t21-/m1/s1. The third-order valence-corrected chi connectivity index (χ3v) is 8.35. The number of piperazine rings is 1. The number of hydrogen-bond acceptors (Lipinski definition) is 6. The van der Waals surface area contributed by atoms with E-state index in [-0.39, 0.29) is 36.1 Å². The molecule has 9 nitrogen and oxygen atoms in total. The van der Waals surface area contributed by atoms with Gasteiger partial charge >= 0.3 is 0 Å². The van der Waals surface area contributed by atoms with E-state index in [0.717, 1.165) is 12.8 Å². The van der Waals surface area contributed by atoms with Crippen LogP contribution in [0.4, 0.5) is 5.69 Å². The van der Waals surface area contributed by atoms with E-state index in [1.807, 2.05) is 17.0 Å². The van der Waals surface area contributed by atoms with Crippen molar-refractivity contribution in [2.24, 2.45) is 5.92 Å². The number of hydrogen-bond donors (Lipinski definition) is 0. The fourth-order valence-corrected chi connectivity index (χ4v) is 6.06. The highest BCUT2D eigenvalue weighted by Crippen LogP contribution is 2.35. The quantitative estimate of drug-likeness (QED) is 0.439. The lowest BCUT2D eigenvalue weighted by molar-refractivity contribution is -0.137. The van der Waals surface area contributed by atoms with Gasteiger partial charge in [-0.2, -0.15) is 0 Å². The van der Waals surface area contributed by atoms with Crippen LogP contribution in [0.3, 0.4) is 0 Å². The Balaban J connectivity index is 1.14. The summed E-state index contributed by atoms with van der Waals surface area (Å²) in [4.78, 5) is 59.7. The first-order chi connectivity index (χ1) is 19.4. The number of furan rings is 1. The molecular weight excluding hydrogens is 532 g/mol. The molecular formula is C30H29ClN4O5. The summed E-state index contributed by atoms with van der Waals surface area (Å²) in [5.74, 6) is -0.721. The highest BCUT2D eigenvalue weighted by Gasteiger charge is 2.40. The van der Waals surface area contributed by atoms with Gasteiger partial charge < -0.3 is 19.1 Å². The molecule has 0 spiro atoms. The number of fused-ring (bicyclic) bond motifs is 1. The van der Waals surface area contributed by atoms with E-state index < -0.39 is 0 Å². The van der Waals surface area contributed by atoms with Gasteiger partial charge in [-0.15, -0.1) is 0 Å². The van der Waals surface area contributed by atoms with Crippen LogP contribution in [-0.2, 0) is 11.3 Å². The SMILES string of the molecule is O=C(c1ccco1)N1CCN(C(=O)[C@@H]2CCCN(c3cccc4c3C(=O)N(Cc3ccccc3Cl)C4=O)C2)CC1. The van der Waals surface area contributed by atoms with Crippen molar-refractivity contribution in [3.05, 3.63) is 88.3 Å². The number of carbonyl (C=O) groups excluding carboxylic acids is 4. The number of amides is 4. The first kappa shape index (κ1) is 26.1. The number of rotatable bonds is 5. The zero-order valence-electron chi connectivity index (χ0n) is 21.9. The number of carbonyl (C=O) groups is 4. The summed E-state index contributed by atoms with van der Waals surface area (Å²) in [6, 6.07) is 15.8. The molecule has 2 aromatic carbocycles. The van der Waals surface area contributed by atoms with Gasteiger partial charge in [0.25, 0.3) is 17.7 Å². The molecule has 4 heterocycles. The van der Waals surface area contributed by atoms with E-state index in [1.165, 1.54) is 11.2 Å². The zero-order chi connectivity index (χ0) is 27.8. The van der Waals surface area contributed by atoms with E-state index in [0.29, 0.717) is 72.4 Å². The number of benzene rings is 2. The molecule has 10 heteroatoms. The van der Waals surface area contributed by atoms with E-state index in [1.54, 1.807) is 47.4 Å². The Morgan fingerprint density at radius 3 is 2.40 bits per heavy atom. The second-order valence-corrected chi connectivity index (χ2v) is 10.8. The van der Waals surface area contributed by atoms with Crippen molar-refractivity contribution in [3.8, 4) is 0 Å². The molecule has 1 aromatic heterocycles. The topological polar surface area (TPSA) is 94.4 Å². The normalized spacial score (nSPS) is 19.3. The van der Waals surface area contributed by atoms with Gasteiger partial charge in [0.05, 0.1) is 35.5 Å². The van der Waals surface area contributed by atoms with Gasteiger partial charge in [0.1, 0.15) is 0 Å². The summed E-state index contributed by atoms with van der Waals surface area (Å²) in [6.07, 6.45) is 3.02. The van der Waals surface area contributed by atoms with Crippen molar-refractivity contribution in [2.75, 3.05) is 44.2 Å². The summed E-state index contributed by atoms with van der Waals surface area (Å²) < 4.78 is 5.23. The van der Waals surface area contributed by atoms with Crippen LogP contribution in [0.1, 0.15) is 49.7 Å². The third kappa shape index (κ3) is 4.75. The van der Waals surface area contributed by atoms with Gasteiger partial charge in [-0.3, -0.25) is 24.1 Å². The second kappa shape index (κ2) is 10.8. The molecule has 40 heavy (non-hydrogen) atoms. The van der Waals surface area contributed by atoms with Crippen LogP contribution in [0.5, 0.6) is 0 Å². The Labute approximate surface area is 236 Å². The van der Waals surface area contributed by atoms with Crippen molar-refractivity contribution in [3.63, 3.8) is 0 Å². The molecule has 0 radical (unpaired) electrons. The van der Waals surface area contributed by atoms with Gasteiger partial charge in [0.2, 0.25) is 5.91 Å². The van der Waals surface area contributed by atoms with Crippen LogP contribution < -0.4 is 4.90 Å². The van der Waals surface area contributed by atoms with Crippen molar-refractivity contribution in [1.82, 2.24) is 14.7 Å². The maximum Gasteiger partial charge on any atom is 0.289 e. The minimum Gasteiger partial charge on any atom is -0.459 e. The van der Waals surface area contributed by atoms with E-state index >= 15 is 0 Å². The average Bonchev–Trinajstić information content (AvgIpc) is 3.61. The maximum atomic E-state index is 13.5. The van der Waals surface area contributed by atoms with Crippen molar-refractivity contribution >= 4 is 40.9 Å². The molecule has 6 rings (SSSR count). The molecule has 0 aliphatic carbocycles. The minimum atomic E-state index is -0.346. The fourth-order valence-electron chi connectivity index (χ4n) is 5.86. The molecule has 2 fully saturated rings. The summed E-state index contributed by atoms with van der Waals surface area (Å²) in [6.45, 7) is 3.09. The summed E-state index contributed by atoms with van der Waals surface area (Å²) in [5.41, 5.74) is 2.15. The monoisotopic (exact) mass is 560 g/mol. The molecule has 0 N–H and O–H groups in total. The van der Waals surface area contributed by atoms with Crippen LogP contribution in [0, 0.1) is 5.92 Å². The largest absolute Gasteiger partial charge is 0.459 e. The Bertz CT molecular complexity index is 1460. The third-order valence-electron chi connectivity index (χ3n) is 7.99. The predicted molar refractivity (Wildman–Crippen MR) is 148 cm³/mol. The second-order valence-electron chi connectivity index (χ2n) is 10.4. The highest BCUT2D eigenvalue weighted by atomic mass is 35.5. The Kier molecular flexibility index (Phi) is 7.06. The molecule has 0 bridgehead atoms. The summed E-state index contributed by atoms with van der Waals surface area (Å²) in [5, 5.41) is 0.503. The number of piperidine rings is 1. The molecule has 1 atom stereocenters. The molecule has 0 saturated carbocycles. The number of halogens is 1. The van der Waals surface area contributed by atoms with Crippen LogP contribution in [0.15, 0.2) is 65.3 Å². The first-order valence-corrected chi connectivity index (χ1v) is 13.9. The summed E-state index contributed by atoms with van der Waals surface area (Å²) >= 11 is 6.30. The predicted octanol–water partition coefficient (Wildman–Crippen LogP) is 3.93. The Morgan fingerprint density at radius 1 is 0.875 bits per heavy atom. The fraction of sp³-hybridized carbons (Fsp3) is 0.333. The van der Waals surface area contributed by atoms with E-state index in [2.05, 4.69) is 4.90 Å². The van der Waals surface area contributed by atoms with Crippen LogP contribution in [0.2, 0.25) is 5.02 Å². The lowest BCUT2D eigenvalue weighted by Crippen LogP contribution is -2.53. The van der Waals surface area contributed by atoms with Crippen LogP contribution >= 0.6 is 11.6 Å². The van der Waals surface area contributed by atoms with Crippen LogP contribution in [-0.4, -0.2) is 77.6 Å². The van der Waals surface area contributed by atoms with Crippen molar-refractivity contribution in [2.45, 2.75) is 19.4 Å². The van der Waals surface area contributed by atoms with E-state index in [4.69, 9.17) is 16.0 Å². The average molecular weight is 561 g/mol. The molecule has 4 amide bonds. The van der Waals surface area contributed by atoms with Crippen molar-refractivity contribution < 1.29 is 23.6 Å². The molecule has 206 valence electrons. The number of nitrogens with zero attached hydrogens (tertiary/aromatic N) is 4. The molecule has 3 aromatic rings. The van der Waals surface area contributed by atoms with Gasteiger partial charge in [-0.25, -0.2) is 0 Å². The molecule has 0 unspecified atom stereocenters. The van der Waals surface area contributed by atoms with Crippen LogP contribution in [0.25, 0.3) is 0 Å². The first-order valence-electron chi connectivity index (χ1n) is 13.5. The van der Waals surface area contributed by atoms with Gasteiger partial charge in [-0.1, -0.05) is 35.9 Å². The minimum absolute atomic E-state index is 0.0603. The molecule has 3 aliphatic heterocycles. The van der Waals surface area contributed by atoms with Crippen molar-refractivity contribution in [1.29, 1.82) is 0 Å². The Hall–Kier alpha value is -4.11. The lowest BCUT2D eigenvalue weighted by atomic mass is 9.94.